The Balaban J connectivity index is 1.96. The highest BCUT2D eigenvalue weighted by atomic mass is 127. The van der Waals surface area contributed by atoms with E-state index in [2.05, 4.69) is 63.4 Å². The van der Waals surface area contributed by atoms with Crippen LogP contribution in [0.15, 0.2) is 12.1 Å². The van der Waals surface area contributed by atoms with E-state index >= 15 is 0 Å². The molecule has 1 aromatic rings. The van der Waals surface area contributed by atoms with E-state index in [-0.39, 0.29) is 6.54 Å². The number of ether oxygens (including phenoxy) is 1. The monoisotopic (exact) mass is 541 g/mol. The van der Waals surface area contributed by atoms with Crippen molar-refractivity contribution in [3.8, 4) is 17.6 Å². The van der Waals surface area contributed by atoms with Gasteiger partial charge in [0.05, 0.1) is 10.1 Å². The number of phenols is 1. The standard InChI is InChI=1S/C24H36IN3O3/c1-6-28(7-2)20-10-13-27(14-11-20)17-19-15-18(16-21(25)22(19)29)9-8-12-26-23(30)31-24(3,4)5/h15-16,20,29H,6-7,10-14,17H2,1-5H3,(H,26,30). The number of piperidine rings is 1. The van der Waals surface area contributed by atoms with Crippen molar-refractivity contribution < 1.29 is 14.6 Å². The lowest BCUT2D eigenvalue weighted by Crippen LogP contribution is -2.44. The van der Waals surface area contributed by atoms with Gasteiger partial charge in [0, 0.05) is 23.7 Å². The normalized spacial score (nSPS) is 15.5. The molecule has 1 heterocycles. The van der Waals surface area contributed by atoms with Gasteiger partial charge in [0.1, 0.15) is 11.4 Å². The van der Waals surface area contributed by atoms with Gasteiger partial charge in [-0.15, -0.1) is 0 Å². The van der Waals surface area contributed by atoms with Crippen LogP contribution >= 0.6 is 22.6 Å². The summed E-state index contributed by atoms with van der Waals surface area (Å²) in [5, 5.41) is 13.2. The summed E-state index contributed by atoms with van der Waals surface area (Å²) in [6.07, 6.45) is 1.85. The number of amides is 1. The van der Waals surface area contributed by atoms with Crippen LogP contribution in [-0.2, 0) is 11.3 Å². The number of likely N-dealkylation sites (tertiary alicyclic amines) is 1. The molecule has 2 N–H and O–H groups in total. The molecule has 7 heteroatoms. The molecular formula is C24H36IN3O3. The predicted molar refractivity (Wildman–Crippen MR) is 133 cm³/mol. The van der Waals surface area contributed by atoms with E-state index < -0.39 is 11.7 Å². The van der Waals surface area contributed by atoms with Crippen molar-refractivity contribution in [2.24, 2.45) is 0 Å². The summed E-state index contributed by atoms with van der Waals surface area (Å²) in [7, 11) is 0. The Morgan fingerprint density at radius 1 is 1.29 bits per heavy atom. The topological polar surface area (TPSA) is 65.0 Å². The van der Waals surface area contributed by atoms with Gasteiger partial charge in [0.2, 0.25) is 0 Å². The molecule has 0 bridgehead atoms. The number of carbonyl (C=O) groups is 1. The second-order valence-electron chi connectivity index (χ2n) is 8.85. The molecule has 6 nitrogen and oxygen atoms in total. The number of phenolic OH excluding ortho intramolecular Hbond substituents is 1. The summed E-state index contributed by atoms with van der Waals surface area (Å²) >= 11 is 2.15. The summed E-state index contributed by atoms with van der Waals surface area (Å²) in [4.78, 5) is 16.7. The summed E-state index contributed by atoms with van der Waals surface area (Å²) in [5.74, 6) is 6.38. The first kappa shape index (κ1) is 25.8. The van der Waals surface area contributed by atoms with Crippen molar-refractivity contribution in [1.29, 1.82) is 0 Å². The van der Waals surface area contributed by atoms with E-state index in [1.807, 2.05) is 32.9 Å². The quantitative estimate of drug-likeness (QED) is 0.418. The smallest absolute Gasteiger partial charge is 0.408 e. The van der Waals surface area contributed by atoms with Crippen LogP contribution in [-0.4, -0.2) is 65.4 Å². The lowest BCUT2D eigenvalue weighted by Gasteiger charge is -2.37. The molecule has 1 amide bonds. The summed E-state index contributed by atoms with van der Waals surface area (Å²) in [6.45, 7) is 15.1. The van der Waals surface area contributed by atoms with E-state index in [1.165, 1.54) is 0 Å². The Labute approximate surface area is 200 Å². The molecule has 0 unspecified atom stereocenters. The van der Waals surface area contributed by atoms with Gasteiger partial charge in [-0.05, 0) is 94.5 Å². The van der Waals surface area contributed by atoms with Crippen molar-refractivity contribution in [2.45, 2.75) is 65.6 Å². The first-order valence-corrected chi connectivity index (χ1v) is 12.1. The summed E-state index contributed by atoms with van der Waals surface area (Å²) in [6, 6.07) is 4.48. The SMILES string of the molecule is CCN(CC)C1CCN(Cc2cc(C#CCNC(=O)OC(C)(C)C)cc(I)c2O)CC1. The van der Waals surface area contributed by atoms with Crippen molar-refractivity contribution in [3.63, 3.8) is 0 Å². The van der Waals surface area contributed by atoms with Crippen LogP contribution in [0, 0.1) is 15.4 Å². The third-order valence-corrected chi connectivity index (χ3v) is 6.20. The molecule has 0 aliphatic carbocycles. The largest absolute Gasteiger partial charge is 0.507 e. The lowest BCUT2D eigenvalue weighted by atomic mass is 10.0. The second kappa shape index (κ2) is 11.9. The molecule has 0 spiro atoms. The number of rotatable bonds is 6. The predicted octanol–water partition coefficient (Wildman–Crippen LogP) is 4.18. The van der Waals surface area contributed by atoms with Crippen molar-refractivity contribution in [3.05, 3.63) is 26.8 Å². The Kier molecular flexibility index (Phi) is 9.91. The zero-order valence-electron chi connectivity index (χ0n) is 19.4. The van der Waals surface area contributed by atoms with Crippen molar-refractivity contribution >= 4 is 28.7 Å². The first-order chi connectivity index (χ1) is 14.6. The van der Waals surface area contributed by atoms with Gasteiger partial charge in [0.15, 0.2) is 0 Å². The van der Waals surface area contributed by atoms with Crippen LogP contribution in [0.3, 0.4) is 0 Å². The third-order valence-electron chi connectivity index (χ3n) is 5.37. The van der Waals surface area contributed by atoms with E-state index in [1.54, 1.807) is 0 Å². The molecule has 1 aliphatic rings. The van der Waals surface area contributed by atoms with Gasteiger partial charge >= 0.3 is 6.09 Å². The number of nitrogens with zero attached hydrogens (tertiary/aromatic N) is 2. The van der Waals surface area contributed by atoms with Crippen LogP contribution in [0.4, 0.5) is 4.79 Å². The van der Waals surface area contributed by atoms with Crippen LogP contribution in [0.2, 0.25) is 0 Å². The number of hydrogen-bond acceptors (Lipinski definition) is 5. The Morgan fingerprint density at radius 2 is 1.94 bits per heavy atom. The summed E-state index contributed by atoms with van der Waals surface area (Å²) in [5.41, 5.74) is 1.21. The fourth-order valence-corrected chi connectivity index (χ4v) is 4.53. The maximum Gasteiger partial charge on any atom is 0.408 e. The molecule has 0 aromatic heterocycles. The number of carbonyl (C=O) groups excluding carboxylic acids is 1. The molecule has 0 radical (unpaired) electrons. The fourth-order valence-electron chi connectivity index (χ4n) is 3.85. The maximum absolute atomic E-state index is 11.7. The fraction of sp³-hybridized carbons (Fsp3) is 0.625. The second-order valence-corrected chi connectivity index (χ2v) is 10.0. The minimum absolute atomic E-state index is 0.209. The first-order valence-electron chi connectivity index (χ1n) is 11.1. The number of aromatic hydroxyl groups is 1. The molecule has 1 aromatic carbocycles. The van der Waals surface area contributed by atoms with Gasteiger partial charge in [-0.3, -0.25) is 4.90 Å². The molecule has 1 fully saturated rings. The van der Waals surface area contributed by atoms with Crippen molar-refractivity contribution in [1.82, 2.24) is 15.1 Å². The van der Waals surface area contributed by atoms with Crippen LogP contribution in [0.5, 0.6) is 5.75 Å². The van der Waals surface area contributed by atoms with Crippen LogP contribution in [0.25, 0.3) is 0 Å². The Morgan fingerprint density at radius 3 is 2.52 bits per heavy atom. The van der Waals surface area contributed by atoms with Gasteiger partial charge in [-0.25, -0.2) is 4.79 Å². The molecule has 1 saturated heterocycles. The highest BCUT2D eigenvalue weighted by molar-refractivity contribution is 14.1. The van der Waals surface area contributed by atoms with Crippen LogP contribution in [0.1, 0.15) is 58.6 Å². The van der Waals surface area contributed by atoms with E-state index in [4.69, 9.17) is 4.74 Å². The highest BCUT2D eigenvalue weighted by Crippen LogP contribution is 2.28. The third kappa shape index (κ3) is 8.51. The van der Waals surface area contributed by atoms with Crippen LogP contribution < -0.4 is 5.32 Å². The highest BCUT2D eigenvalue weighted by Gasteiger charge is 2.23. The number of alkyl carbamates (subject to hydrolysis) is 1. The molecule has 0 atom stereocenters. The number of nitrogens with one attached hydrogen (secondary N) is 1. The van der Waals surface area contributed by atoms with Crippen molar-refractivity contribution in [2.75, 3.05) is 32.7 Å². The zero-order valence-corrected chi connectivity index (χ0v) is 21.6. The van der Waals surface area contributed by atoms with E-state index in [9.17, 15) is 9.90 Å². The molecule has 2 rings (SSSR count). The Bertz CT molecular complexity index is 799. The molecular weight excluding hydrogens is 505 g/mol. The Hall–Kier alpha value is -1.50. The molecule has 0 saturated carbocycles. The lowest BCUT2D eigenvalue weighted by molar-refractivity contribution is 0.0535. The molecule has 1 aliphatic heterocycles. The van der Waals surface area contributed by atoms with Gasteiger partial charge in [-0.1, -0.05) is 25.7 Å². The number of halogens is 1. The van der Waals surface area contributed by atoms with E-state index in [0.717, 1.165) is 60.3 Å². The maximum atomic E-state index is 11.7. The number of benzene rings is 1. The van der Waals surface area contributed by atoms with Gasteiger partial charge in [-0.2, -0.15) is 0 Å². The summed E-state index contributed by atoms with van der Waals surface area (Å²) < 4.78 is 5.99. The van der Waals surface area contributed by atoms with E-state index in [0.29, 0.717) is 11.8 Å². The minimum atomic E-state index is -0.528. The average Bonchev–Trinajstić information content (AvgIpc) is 2.70. The molecule has 31 heavy (non-hydrogen) atoms. The zero-order chi connectivity index (χ0) is 23.0. The minimum Gasteiger partial charge on any atom is -0.507 e. The number of hydrogen-bond donors (Lipinski definition) is 2. The van der Waals surface area contributed by atoms with Gasteiger partial charge < -0.3 is 20.1 Å². The average molecular weight is 541 g/mol. The molecule has 172 valence electrons. The van der Waals surface area contributed by atoms with Gasteiger partial charge in [0.25, 0.3) is 0 Å².